The van der Waals surface area contributed by atoms with E-state index in [1.165, 1.54) is 146 Å². The molecule has 4 aliphatic carbocycles. The van der Waals surface area contributed by atoms with Gasteiger partial charge in [0.25, 0.3) is 0 Å². The number of aryl methyl sites for hydroxylation is 5. The number of hydrogen-bond acceptors (Lipinski definition) is 14. The van der Waals surface area contributed by atoms with Crippen molar-refractivity contribution in [3.05, 3.63) is 34.7 Å². The molecular formula is C76H166N10O4S. The summed E-state index contributed by atoms with van der Waals surface area (Å²) in [5.41, 5.74) is 0. The van der Waals surface area contributed by atoms with E-state index in [1.807, 2.05) is 166 Å². The lowest BCUT2D eigenvalue weighted by atomic mass is 9.88. The van der Waals surface area contributed by atoms with Crippen molar-refractivity contribution in [2.45, 2.75) is 370 Å². The van der Waals surface area contributed by atoms with Gasteiger partial charge in [0.15, 0.2) is 5.82 Å². The summed E-state index contributed by atoms with van der Waals surface area (Å²) in [5, 5.41) is 14.1. The van der Waals surface area contributed by atoms with Crippen LogP contribution in [0.1, 0.15) is 351 Å². The molecule has 4 saturated heterocycles. The zero-order chi connectivity index (χ0) is 72.5. The van der Waals surface area contributed by atoms with E-state index in [1.54, 1.807) is 20.1 Å². The molecule has 12 rings (SSSR count). The summed E-state index contributed by atoms with van der Waals surface area (Å²) in [4.78, 5) is 19.4. The second-order valence-electron chi connectivity index (χ2n) is 21.3. The molecule has 550 valence electrons. The van der Waals surface area contributed by atoms with Gasteiger partial charge in [-0.3, -0.25) is 10.1 Å². The molecule has 3 atom stereocenters. The Morgan fingerprint density at radius 1 is 0.451 bits per heavy atom. The Morgan fingerprint density at radius 3 is 0.989 bits per heavy atom. The van der Waals surface area contributed by atoms with E-state index < -0.39 is 0 Å². The first-order valence-electron chi connectivity index (χ1n) is 37.9. The molecule has 3 aromatic heterocycles. The van der Waals surface area contributed by atoms with Crippen molar-refractivity contribution in [3.8, 4) is 0 Å². The molecule has 0 aromatic carbocycles. The first-order valence-corrected chi connectivity index (χ1v) is 38.7. The lowest BCUT2D eigenvalue weighted by Crippen LogP contribution is -2.23. The molecule has 14 nitrogen and oxygen atoms in total. The molecule has 91 heavy (non-hydrogen) atoms. The van der Waals surface area contributed by atoms with Crippen LogP contribution in [0, 0.1) is 70.1 Å². The van der Waals surface area contributed by atoms with E-state index in [0.717, 1.165) is 104 Å². The Hall–Kier alpha value is -2.98. The Kier molecular flexibility index (Phi) is 115. The Labute approximate surface area is 575 Å². The van der Waals surface area contributed by atoms with Gasteiger partial charge < -0.3 is 24.1 Å². The summed E-state index contributed by atoms with van der Waals surface area (Å²) < 4.78 is 23.6. The molecule has 4 saturated carbocycles. The van der Waals surface area contributed by atoms with Crippen molar-refractivity contribution in [3.63, 3.8) is 0 Å². The zero-order valence-electron chi connectivity index (χ0n) is 67.8. The van der Waals surface area contributed by atoms with Crippen molar-refractivity contribution in [1.29, 1.82) is 0 Å². The van der Waals surface area contributed by atoms with Crippen LogP contribution in [-0.2, 0) is 14.2 Å². The van der Waals surface area contributed by atoms with Crippen LogP contribution >= 0.6 is 11.5 Å². The van der Waals surface area contributed by atoms with E-state index in [4.69, 9.17) is 14.2 Å². The standard InChI is InChI=1S/2C6H12.C5H11N.2C5H10O.2C5H10.C4H6N2O.C4H6N2S.C4H6N2.C4H8O.C3H5N3.10C2H6/c2*1-6-4-2-3-5-6;1-5-3-2-4-6-5;1-5-2-3-6-4-5;1-5-3-2-4-6-5;2*1-5-3-2-4-5;2*1-3-5-4(2)7-6-3;1-4-5-2-3-6-4;1-4-2-5-3-4;1-3-4-2-5-6-3;10*1-2/h2*6H,2-5H2,1H3;5-6H,2-4H2,1H3;2*5H,2-4H2,1H3;2*5H,2-4H2,1H3;2*1-2H3;2H,3H2,1H3;4H,2-3H2,1H3;2H,1H3,(H,4,5,6);10*1-2H3. The number of nitrogens with zero attached hydrogens (tertiary/aromatic N) is 8. The molecule has 8 fully saturated rings. The minimum Gasteiger partial charge on any atom is -0.381 e. The molecule has 8 heterocycles. The van der Waals surface area contributed by atoms with Crippen LogP contribution in [0.5, 0.6) is 0 Å². The molecule has 3 unspecified atom stereocenters. The highest BCUT2D eigenvalue weighted by Crippen LogP contribution is 2.25. The number of aromatic nitrogens is 7. The number of aromatic amines is 1. The highest BCUT2D eigenvalue weighted by molar-refractivity contribution is 7.05. The number of ether oxygens (including phenoxy) is 3. The van der Waals surface area contributed by atoms with Crippen LogP contribution in [0.15, 0.2) is 20.8 Å². The predicted molar refractivity (Wildman–Crippen MR) is 411 cm³/mol. The van der Waals surface area contributed by atoms with E-state index in [0.29, 0.717) is 17.8 Å². The SMILES string of the molecule is CC.CC.CC.CC.CC.CC.CC.CC.CC.CC.CC1=NCC=N1.CC1CCC1.CC1CCC1.CC1CCCC1.CC1CCCC1.CC1CCCN1.CC1CCCO1.CC1CCOC1.CC1COC1.Cc1ncn[nH]1.Cc1noc(C)n1.Cc1nsc(C)n1. The summed E-state index contributed by atoms with van der Waals surface area (Å²) in [6, 6.07) is 0.796. The third-order valence-corrected chi connectivity index (χ3v) is 13.7. The van der Waals surface area contributed by atoms with Crippen LogP contribution in [0.2, 0.25) is 0 Å². The average Bonchev–Trinajstić information content (AvgIpc) is 4.61. The maximum absolute atomic E-state index is 5.15. The summed E-state index contributed by atoms with van der Waals surface area (Å²) in [5.74, 6) is 9.84. The quantitative estimate of drug-likeness (QED) is 0.220. The van der Waals surface area contributed by atoms with Crippen LogP contribution in [0.3, 0.4) is 0 Å². The first kappa shape index (κ1) is 109. The summed E-state index contributed by atoms with van der Waals surface area (Å²) in [7, 11) is 0. The van der Waals surface area contributed by atoms with Gasteiger partial charge in [0.2, 0.25) is 5.89 Å². The smallest absolute Gasteiger partial charge is 0.223 e. The lowest BCUT2D eigenvalue weighted by molar-refractivity contribution is -0.0221. The van der Waals surface area contributed by atoms with Crippen molar-refractivity contribution >= 4 is 23.6 Å². The van der Waals surface area contributed by atoms with E-state index in [2.05, 4.69) is 110 Å². The lowest BCUT2D eigenvalue weighted by Gasteiger charge is -2.20. The topological polar surface area (TPSA) is 171 Å². The third-order valence-electron chi connectivity index (χ3n) is 13.0. The molecule has 15 heteroatoms. The second kappa shape index (κ2) is 95.7. The van der Waals surface area contributed by atoms with Crippen molar-refractivity contribution in [1.82, 2.24) is 40.0 Å². The van der Waals surface area contributed by atoms with Crippen LogP contribution < -0.4 is 5.32 Å². The predicted octanol–water partition coefficient (Wildman–Crippen LogP) is 24.4. The summed E-state index contributed by atoms with van der Waals surface area (Å²) >= 11 is 1.44. The number of amidine groups is 1. The molecule has 0 amide bonds. The van der Waals surface area contributed by atoms with Crippen molar-refractivity contribution in [2.24, 2.45) is 45.5 Å². The number of aliphatic imine (C=N–C) groups is 2. The van der Waals surface area contributed by atoms with Gasteiger partial charge in [0, 0.05) is 44.9 Å². The molecule has 9 aliphatic rings. The monoisotopic (exact) mass is 1320 g/mol. The van der Waals surface area contributed by atoms with Crippen LogP contribution in [0.4, 0.5) is 0 Å². The van der Waals surface area contributed by atoms with Crippen LogP contribution in [-0.4, -0.2) is 105 Å². The Balaban J connectivity index is -0.0000000959. The molecule has 2 N–H and O–H groups in total. The van der Waals surface area contributed by atoms with Gasteiger partial charge in [0.1, 0.15) is 28.8 Å². The summed E-state index contributed by atoms with van der Waals surface area (Å²) in [6.07, 6.45) is 31.2. The largest absolute Gasteiger partial charge is 0.381 e. The minimum atomic E-state index is 0.546. The van der Waals surface area contributed by atoms with Gasteiger partial charge in [0.05, 0.1) is 25.9 Å². The molecule has 0 radical (unpaired) electrons. The van der Waals surface area contributed by atoms with Crippen molar-refractivity contribution in [2.75, 3.05) is 46.1 Å². The van der Waals surface area contributed by atoms with E-state index in [-0.39, 0.29) is 0 Å². The van der Waals surface area contributed by atoms with Gasteiger partial charge in [-0.15, -0.1) is 0 Å². The van der Waals surface area contributed by atoms with Crippen molar-refractivity contribution < 1.29 is 18.7 Å². The minimum absolute atomic E-state index is 0.546. The highest BCUT2D eigenvalue weighted by Gasteiger charge is 2.12. The normalized spacial score (nSPS) is 18.4. The second-order valence-corrected chi connectivity index (χ2v) is 22.2. The van der Waals surface area contributed by atoms with Gasteiger partial charge in [-0.25, -0.2) is 15.0 Å². The summed E-state index contributed by atoms with van der Waals surface area (Å²) in [6.45, 7) is 76.1. The fourth-order valence-electron chi connectivity index (χ4n) is 7.54. The van der Waals surface area contributed by atoms with Gasteiger partial charge in [-0.05, 0) is 128 Å². The number of H-pyrrole nitrogens is 1. The number of rotatable bonds is 0. The molecular weight excluding hydrogens is 1150 g/mol. The van der Waals surface area contributed by atoms with E-state index in [9.17, 15) is 0 Å². The molecule has 0 spiro atoms. The first-order chi connectivity index (χ1) is 44.0. The van der Waals surface area contributed by atoms with Gasteiger partial charge in [-0.2, -0.15) is 14.5 Å². The zero-order valence-corrected chi connectivity index (χ0v) is 68.6. The molecule has 5 aliphatic heterocycles. The fraction of sp³-hybridized carbons (Fsp3) is 0.895. The van der Waals surface area contributed by atoms with Crippen LogP contribution in [0.25, 0.3) is 0 Å². The van der Waals surface area contributed by atoms with E-state index >= 15 is 0 Å². The number of hydrogen-bond donors (Lipinski definition) is 2. The third kappa shape index (κ3) is 93.5. The molecule has 3 aromatic rings. The maximum atomic E-state index is 5.15. The number of nitrogens with one attached hydrogen (secondary N) is 2. The Morgan fingerprint density at radius 2 is 0.901 bits per heavy atom. The van der Waals surface area contributed by atoms with Gasteiger partial charge in [-0.1, -0.05) is 275 Å². The average molecular weight is 1320 g/mol. The maximum Gasteiger partial charge on any atom is 0.223 e. The highest BCUT2D eigenvalue weighted by atomic mass is 32.1. The molecule has 0 bridgehead atoms. The fourth-order valence-corrected chi connectivity index (χ4v) is 8.02. The Bertz CT molecular complexity index is 1470. The van der Waals surface area contributed by atoms with Gasteiger partial charge >= 0.3 is 0 Å².